The quantitative estimate of drug-likeness (QED) is 0.544. The highest BCUT2D eigenvalue weighted by atomic mass is 16.3. The van der Waals surface area contributed by atoms with Gasteiger partial charge in [0.1, 0.15) is 0 Å². The highest BCUT2D eigenvalue weighted by Crippen LogP contribution is 2.51. The summed E-state index contributed by atoms with van der Waals surface area (Å²) in [6, 6.07) is 8.11. The molecule has 1 saturated carbocycles. The number of aliphatic hydroxyl groups excluding tert-OH is 2. The molecule has 0 amide bonds. The van der Waals surface area contributed by atoms with E-state index in [-0.39, 0.29) is 12.0 Å². The molecule has 2 aliphatic rings. The van der Waals surface area contributed by atoms with Gasteiger partial charge in [-0.1, -0.05) is 47.9 Å². The van der Waals surface area contributed by atoms with Crippen LogP contribution in [0, 0.1) is 24.7 Å². The van der Waals surface area contributed by atoms with E-state index in [1.54, 1.807) is 5.57 Å². The second-order valence-corrected chi connectivity index (χ2v) is 8.71. The topological polar surface area (TPSA) is 43.7 Å². The van der Waals surface area contributed by atoms with Crippen LogP contribution in [0.15, 0.2) is 35.9 Å². The summed E-state index contributed by atoms with van der Waals surface area (Å²) in [6.45, 7) is 3.23. The van der Waals surface area contributed by atoms with Gasteiger partial charge in [0, 0.05) is 5.92 Å². The predicted octanol–water partition coefficient (Wildman–Crippen LogP) is 4.09. The van der Waals surface area contributed by atoms with Gasteiger partial charge < -0.3 is 15.1 Å². The summed E-state index contributed by atoms with van der Waals surface area (Å²) in [7, 11) is 4.26. The minimum atomic E-state index is -0.562. The van der Waals surface area contributed by atoms with Crippen LogP contribution < -0.4 is 0 Å². The van der Waals surface area contributed by atoms with E-state index >= 15 is 0 Å². The van der Waals surface area contributed by atoms with Crippen LogP contribution >= 0.6 is 0 Å². The summed E-state index contributed by atoms with van der Waals surface area (Å²) in [5.41, 5.74) is 3.69. The van der Waals surface area contributed by atoms with Gasteiger partial charge in [-0.2, -0.15) is 0 Å². The summed E-state index contributed by atoms with van der Waals surface area (Å²) < 4.78 is 0. The van der Waals surface area contributed by atoms with Gasteiger partial charge in [0.05, 0.1) is 12.2 Å². The zero-order valence-electron chi connectivity index (χ0n) is 16.6. The molecule has 1 aromatic rings. The van der Waals surface area contributed by atoms with Crippen molar-refractivity contribution in [2.75, 3.05) is 20.6 Å². The van der Waals surface area contributed by atoms with Gasteiger partial charge in [-0.15, -0.1) is 0 Å². The van der Waals surface area contributed by atoms with E-state index in [0.717, 1.165) is 18.4 Å². The van der Waals surface area contributed by atoms with E-state index < -0.39 is 6.10 Å². The normalized spacial score (nSPS) is 29.1. The van der Waals surface area contributed by atoms with Crippen LogP contribution in [-0.2, 0) is 0 Å². The third-order valence-corrected chi connectivity index (χ3v) is 6.34. The van der Waals surface area contributed by atoms with E-state index in [2.05, 4.69) is 32.0 Å². The Morgan fingerprint density at radius 1 is 1.12 bits per heavy atom. The van der Waals surface area contributed by atoms with Gasteiger partial charge in [0.15, 0.2) is 0 Å². The Morgan fingerprint density at radius 3 is 2.54 bits per heavy atom. The Hall–Kier alpha value is -1.16. The fourth-order valence-corrected chi connectivity index (χ4v) is 4.91. The number of benzene rings is 1. The van der Waals surface area contributed by atoms with Gasteiger partial charge in [0.25, 0.3) is 0 Å². The average Bonchev–Trinajstić information content (AvgIpc) is 3.10. The van der Waals surface area contributed by atoms with Crippen LogP contribution in [0.2, 0.25) is 0 Å². The monoisotopic (exact) mass is 357 g/mol. The highest BCUT2D eigenvalue weighted by molar-refractivity contribution is 5.26. The molecule has 144 valence electrons. The van der Waals surface area contributed by atoms with E-state index in [9.17, 15) is 10.2 Å². The molecule has 0 spiro atoms. The van der Waals surface area contributed by atoms with Crippen LogP contribution in [0.3, 0.4) is 0 Å². The number of rotatable bonds is 8. The molecule has 2 aliphatic carbocycles. The molecule has 0 aliphatic heterocycles. The van der Waals surface area contributed by atoms with E-state index in [1.807, 2.05) is 24.3 Å². The van der Waals surface area contributed by atoms with Crippen molar-refractivity contribution in [3.8, 4) is 0 Å². The summed E-state index contributed by atoms with van der Waals surface area (Å²) in [5.74, 6) is 0.815. The Bertz CT molecular complexity index is 607. The first-order chi connectivity index (χ1) is 12.5. The van der Waals surface area contributed by atoms with Crippen molar-refractivity contribution in [2.24, 2.45) is 17.8 Å². The fraction of sp³-hybridized carbons (Fsp3) is 0.652. The molecule has 3 heteroatoms. The molecule has 1 aromatic carbocycles. The van der Waals surface area contributed by atoms with Crippen molar-refractivity contribution < 1.29 is 10.2 Å². The molecule has 3 nitrogen and oxygen atoms in total. The minimum Gasteiger partial charge on any atom is -0.393 e. The second-order valence-electron chi connectivity index (χ2n) is 8.71. The van der Waals surface area contributed by atoms with Crippen molar-refractivity contribution in [1.82, 2.24) is 4.90 Å². The molecule has 3 rings (SSSR count). The minimum absolute atomic E-state index is 0.0369. The molecule has 1 fully saturated rings. The van der Waals surface area contributed by atoms with Crippen molar-refractivity contribution in [3.05, 3.63) is 47.0 Å². The second kappa shape index (κ2) is 8.69. The molecule has 26 heavy (non-hydrogen) atoms. The maximum atomic E-state index is 10.9. The van der Waals surface area contributed by atoms with E-state index in [1.165, 1.54) is 37.8 Å². The van der Waals surface area contributed by atoms with Crippen LogP contribution in [0.5, 0.6) is 0 Å². The highest BCUT2D eigenvalue weighted by Gasteiger charge is 2.47. The van der Waals surface area contributed by atoms with E-state index in [4.69, 9.17) is 0 Å². The van der Waals surface area contributed by atoms with Gasteiger partial charge >= 0.3 is 0 Å². The third kappa shape index (κ3) is 4.57. The third-order valence-electron chi connectivity index (χ3n) is 6.34. The molecule has 5 atom stereocenters. The largest absolute Gasteiger partial charge is 0.393 e. The number of fused-ring (bicyclic) bond motifs is 1. The van der Waals surface area contributed by atoms with Crippen molar-refractivity contribution >= 4 is 0 Å². The lowest BCUT2D eigenvalue weighted by atomic mass is 9.82. The molecule has 0 unspecified atom stereocenters. The lowest BCUT2D eigenvalue weighted by Crippen LogP contribution is -2.26. The Morgan fingerprint density at radius 2 is 1.85 bits per heavy atom. The first-order valence-corrected chi connectivity index (χ1v) is 10.2. The molecular formula is C23H35NO2. The Balaban J connectivity index is 1.55. The average molecular weight is 358 g/mol. The number of allylic oxidation sites excluding steroid dienone is 2. The van der Waals surface area contributed by atoms with Gasteiger partial charge in [0.2, 0.25) is 0 Å². The number of nitrogens with zero attached hydrogens (tertiary/aromatic N) is 1. The van der Waals surface area contributed by atoms with Crippen molar-refractivity contribution in [1.29, 1.82) is 0 Å². The molecule has 0 aromatic heterocycles. The molecule has 0 radical (unpaired) electrons. The van der Waals surface area contributed by atoms with E-state index in [0.29, 0.717) is 11.8 Å². The standard InChI is InChI=1S/C23H35NO2/c1-16-8-10-18(11-9-16)23(26)22-20-14-17(13-19(20)15-21(22)25)7-5-4-6-12-24(2)3/h8-11,13,19-23,25-26H,4-7,12,14-15H2,1-3H3/t19-,20-,21+,22+,23+/m0/s1. The first-order valence-electron chi connectivity index (χ1n) is 10.2. The summed E-state index contributed by atoms with van der Waals surface area (Å²) in [6.07, 6.45) is 8.32. The van der Waals surface area contributed by atoms with Crippen LogP contribution in [0.25, 0.3) is 0 Å². The maximum absolute atomic E-state index is 10.9. The number of hydrogen-bond donors (Lipinski definition) is 2. The van der Waals surface area contributed by atoms with Crippen LogP contribution in [0.4, 0.5) is 0 Å². The first kappa shape index (κ1) is 19.6. The van der Waals surface area contributed by atoms with Crippen LogP contribution in [0.1, 0.15) is 55.8 Å². The lowest BCUT2D eigenvalue weighted by Gasteiger charge is -2.27. The zero-order valence-corrected chi connectivity index (χ0v) is 16.6. The fourth-order valence-electron chi connectivity index (χ4n) is 4.91. The summed E-state index contributed by atoms with van der Waals surface area (Å²) >= 11 is 0. The predicted molar refractivity (Wildman–Crippen MR) is 107 cm³/mol. The Labute approximate surface area is 158 Å². The molecule has 0 bridgehead atoms. The maximum Gasteiger partial charge on any atom is 0.0845 e. The smallest absolute Gasteiger partial charge is 0.0845 e. The number of aliphatic hydroxyl groups is 2. The zero-order chi connectivity index (χ0) is 18.7. The summed E-state index contributed by atoms with van der Waals surface area (Å²) in [5, 5.41) is 21.5. The Kier molecular flexibility index (Phi) is 6.55. The molecule has 0 heterocycles. The lowest BCUT2D eigenvalue weighted by molar-refractivity contribution is 0.0109. The number of unbranched alkanes of at least 4 members (excludes halogenated alkanes) is 2. The SMILES string of the molecule is Cc1ccc([C@@H](O)[C@@H]2[C@H]3CC(CCCCCN(C)C)=C[C@H]3C[C@H]2O)cc1. The number of hydrogen-bond acceptors (Lipinski definition) is 3. The van der Waals surface area contributed by atoms with Gasteiger partial charge in [-0.25, -0.2) is 0 Å². The molecule has 0 saturated heterocycles. The molecular weight excluding hydrogens is 322 g/mol. The number of aryl methyl sites for hydroxylation is 1. The van der Waals surface area contributed by atoms with Gasteiger partial charge in [-0.05, 0) is 77.1 Å². The summed E-state index contributed by atoms with van der Waals surface area (Å²) in [4.78, 5) is 2.25. The van der Waals surface area contributed by atoms with Crippen molar-refractivity contribution in [2.45, 2.75) is 57.7 Å². The van der Waals surface area contributed by atoms with Crippen molar-refractivity contribution in [3.63, 3.8) is 0 Å². The molecule has 2 N–H and O–H groups in total. The van der Waals surface area contributed by atoms with Crippen LogP contribution in [-0.4, -0.2) is 41.9 Å². The van der Waals surface area contributed by atoms with Gasteiger partial charge in [-0.3, -0.25) is 0 Å².